The summed E-state index contributed by atoms with van der Waals surface area (Å²) in [5.74, 6) is 1.02. The highest BCUT2D eigenvalue weighted by atomic mass is 16.2. The number of hydrogen-bond donors (Lipinski definition) is 4. The number of carbonyl (C=O) groups is 1. The summed E-state index contributed by atoms with van der Waals surface area (Å²) in [6.07, 6.45) is 3.72. The Bertz CT molecular complexity index is 454. The van der Waals surface area contributed by atoms with Crippen LogP contribution in [0.25, 0.3) is 0 Å². The highest BCUT2D eigenvalue weighted by molar-refractivity contribution is 5.74. The van der Waals surface area contributed by atoms with Gasteiger partial charge in [-0.2, -0.15) is 0 Å². The van der Waals surface area contributed by atoms with Crippen molar-refractivity contribution in [3.05, 3.63) is 24.4 Å². The van der Waals surface area contributed by atoms with Crippen LogP contribution < -0.4 is 26.4 Å². The van der Waals surface area contributed by atoms with E-state index in [1.54, 1.807) is 0 Å². The molecule has 2 amide bonds. The summed E-state index contributed by atoms with van der Waals surface area (Å²) in [5, 5.41) is 6.03. The Labute approximate surface area is 124 Å². The average Bonchev–Trinajstić information content (AvgIpc) is 3.02. The Morgan fingerprint density at radius 1 is 1.14 bits per heavy atom. The minimum absolute atomic E-state index is 0.0678. The quantitative estimate of drug-likeness (QED) is 0.621. The molecule has 114 valence electrons. The molecule has 0 saturated carbocycles. The van der Waals surface area contributed by atoms with Gasteiger partial charge in [0.2, 0.25) is 0 Å². The highest BCUT2D eigenvalue weighted by Gasteiger charge is 2.23. The number of carbonyl (C=O) groups excluding carboxylic acids is 1. The first-order chi connectivity index (χ1) is 10.3. The fourth-order valence-corrected chi connectivity index (χ4v) is 2.77. The molecular formula is C14H22N6O. The largest absolute Gasteiger partial charge is 0.356 e. The van der Waals surface area contributed by atoms with E-state index in [-0.39, 0.29) is 18.1 Å². The van der Waals surface area contributed by atoms with Crippen LogP contribution in [0, 0.1) is 0 Å². The lowest BCUT2D eigenvalue weighted by molar-refractivity contribution is 0.231. The SMILES string of the molecule is O=C(NC1CCN(c2ccccn2)CC1)NC1CNNC1. The van der Waals surface area contributed by atoms with Gasteiger partial charge in [-0.05, 0) is 25.0 Å². The maximum absolute atomic E-state index is 11.9. The van der Waals surface area contributed by atoms with E-state index in [0.29, 0.717) is 0 Å². The zero-order chi connectivity index (χ0) is 14.5. The first-order valence-corrected chi connectivity index (χ1v) is 7.50. The molecule has 0 bridgehead atoms. The Kier molecular flexibility index (Phi) is 4.52. The lowest BCUT2D eigenvalue weighted by Crippen LogP contribution is -2.51. The van der Waals surface area contributed by atoms with Gasteiger partial charge in [0, 0.05) is 38.4 Å². The molecule has 2 aliphatic heterocycles. The summed E-state index contributed by atoms with van der Waals surface area (Å²) in [6, 6.07) is 6.30. The molecule has 0 aliphatic carbocycles. The molecule has 2 saturated heterocycles. The number of hydrazine groups is 1. The standard InChI is InChI=1S/C14H22N6O/c21-14(19-12-9-16-17-10-12)18-11-4-7-20(8-5-11)13-3-1-2-6-15-13/h1-3,6,11-12,16-17H,4-5,7-10H2,(H2,18,19,21). The molecule has 0 unspecified atom stereocenters. The van der Waals surface area contributed by atoms with Crippen molar-refractivity contribution in [3.63, 3.8) is 0 Å². The van der Waals surface area contributed by atoms with Crippen LogP contribution in [-0.2, 0) is 0 Å². The van der Waals surface area contributed by atoms with E-state index in [0.717, 1.165) is 44.8 Å². The Morgan fingerprint density at radius 3 is 2.52 bits per heavy atom. The average molecular weight is 290 g/mol. The predicted octanol–water partition coefficient (Wildman–Crippen LogP) is -0.174. The molecule has 0 aromatic carbocycles. The van der Waals surface area contributed by atoms with Crippen molar-refractivity contribution in [2.24, 2.45) is 0 Å². The Morgan fingerprint density at radius 2 is 1.86 bits per heavy atom. The number of anilines is 1. The number of piperidine rings is 1. The first kappa shape index (κ1) is 14.1. The van der Waals surface area contributed by atoms with E-state index < -0.39 is 0 Å². The number of urea groups is 1. The van der Waals surface area contributed by atoms with Crippen LogP contribution >= 0.6 is 0 Å². The number of nitrogens with one attached hydrogen (secondary N) is 4. The molecule has 0 spiro atoms. The fraction of sp³-hybridized carbons (Fsp3) is 0.571. The second-order valence-electron chi connectivity index (χ2n) is 5.53. The lowest BCUT2D eigenvalue weighted by Gasteiger charge is -2.33. The van der Waals surface area contributed by atoms with Crippen LogP contribution in [0.4, 0.5) is 10.6 Å². The van der Waals surface area contributed by atoms with Crippen LogP contribution in [0.3, 0.4) is 0 Å². The van der Waals surface area contributed by atoms with Gasteiger partial charge in [0.05, 0.1) is 6.04 Å². The van der Waals surface area contributed by atoms with Gasteiger partial charge in [-0.3, -0.25) is 10.9 Å². The van der Waals surface area contributed by atoms with Crippen LogP contribution in [0.2, 0.25) is 0 Å². The van der Waals surface area contributed by atoms with Gasteiger partial charge >= 0.3 is 6.03 Å². The van der Waals surface area contributed by atoms with Crippen LogP contribution in [0.1, 0.15) is 12.8 Å². The summed E-state index contributed by atoms with van der Waals surface area (Å²) < 4.78 is 0. The van der Waals surface area contributed by atoms with Gasteiger partial charge in [0.25, 0.3) is 0 Å². The lowest BCUT2D eigenvalue weighted by atomic mass is 10.1. The van der Waals surface area contributed by atoms with E-state index in [9.17, 15) is 4.79 Å². The van der Waals surface area contributed by atoms with E-state index in [2.05, 4.69) is 31.4 Å². The second-order valence-corrected chi connectivity index (χ2v) is 5.53. The summed E-state index contributed by atoms with van der Waals surface area (Å²) in [5.41, 5.74) is 6.00. The van der Waals surface area contributed by atoms with Crippen molar-refractivity contribution < 1.29 is 4.79 Å². The summed E-state index contributed by atoms with van der Waals surface area (Å²) in [6.45, 7) is 3.39. The Hall–Kier alpha value is -1.86. The molecular weight excluding hydrogens is 268 g/mol. The van der Waals surface area contributed by atoms with E-state index in [1.165, 1.54) is 0 Å². The molecule has 2 aliphatic rings. The van der Waals surface area contributed by atoms with Gasteiger partial charge in [-0.15, -0.1) is 0 Å². The van der Waals surface area contributed by atoms with Gasteiger partial charge in [0.1, 0.15) is 5.82 Å². The number of rotatable bonds is 3. The highest BCUT2D eigenvalue weighted by Crippen LogP contribution is 2.17. The molecule has 7 heteroatoms. The van der Waals surface area contributed by atoms with Gasteiger partial charge in [0.15, 0.2) is 0 Å². The molecule has 1 aromatic rings. The minimum Gasteiger partial charge on any atom is -0.356 e. The van der Waals surface area contributed by atoms with Crippen molar-refractivity contribution in [1.82, 2.24) is 26.5 Å². The summed E-state index contributed by atoms with van der Waals surface area (Å²) >= 11 is 0. The smallest absolute Gasteiger partial charge is 0.315 e. The zero-order valence-electron chi connectivity index (χ0n) is 12.0. The number of pyridine rings is 1. The Balaban J connectivity index is 1.42. The third kappa shape index (κ3) is 3.83. The number of hydrogen-bond acceptors (Lipinski definition) is 5. The second kappa shape index (κ2) is 6.73. The number of nitrogens with zero attached hydrogens (tertiary/aromatic N) is 2. The van der Waals surface area contributed by atoms with Crippen molar-refractivity contribution in [2.45, 2.75) is 24.9 Å². The van der Waals surface area contributed by atoms with Crippen LogP contribution in [-0.4, -0.2) is 49.3 Å². The molecule has 7 nitrogen and oxygen atoms in total. The molecule has 3 heterocycles. The number of aromatic nitrogens is 1. The zero-order valence-corrected chi connectivity index (χ0v) is 12.0. The fourth-order valence-electron chi connectivity index (χ4n) is 2.77. The van der Waals surface area contributed by atoms with Gasteiger partial charge < -0.3 is 15.5 Å². The predicted molar refractivity (Wildman–Crippen MR) is 80.9 cm³/mol. The monoisotopic (exact) mass is 290 g/mol. The minimum atomic E-state index is -0.0678. The van der Waals surface area contributed by atoms with Crippen molar-refractivity contribution in [2.75, 3.05) is 31.1 Å². The van der Waals surface area contributed by atoms with Crippen LogP contribution in [0.15, 0.2) is 24.4 Å². The maximum Gasteiger partial charge on any atom is 0.315 e. The molecule has 4 N–H and O–H groups in total. The third-order valence-electron chi connectivity index (χ3n) is 3.96. The van der Waals surface area contributed by atoms with E-state index >= 15 is 0 Å². The van der Waals surface area contributed by atoms with Gasteiger partial charge in [-0.1, -0.05) is 6.07 Å². The van der Waals surface area contributed by atoms with Crippen molar-refractivity contribution >= 4 is 11.8 Å². The normalized spacial score (nSPS) is 20.5. The topological polar surface area (TPSA) is 81.3 Å². The number of amides is 2. The van der Waals surface area contributed by atoms with Crippen molar-refractivity contribution in [3.8, 4) is 0 Å². The van der Waals surface area contributed by atoms with Crippen molar-refractivity contribution in [1.29, 1.82) is 0 Å². The molecule has 0 radical (unpaired) electrons. The molecule has 3 rings (SSSR count). The first-order valence-electron chi connectivity index (χ1n) is 7.50. The molecule has 0 atom stereocenters. The van der Waals surface area contributed by atoms with E-state index in [1.807, 2.05) is 24.4 Å². The summed E-state index contributed by atoms with van der Waals surface area (Å²) in [7, 11) is 0. The summed E-state index contributed by atoms with van der Waals surface area (Å²) in [4.78, 5) is 18.5. The molecule has 21 heavy (non-hydrogen) atoms. The maximum atomic E-state index is 11.9. The molecule has 2 fully saturated rings. The molecule has 1 aromatic heterocycles. The van der Waals surface area contributed by atoms with E-state index in [4.69, 9.17) is 0 Å². The van der Waals surface area contributed by atoms with Crippen LogP contribution in [0.5, 0.6) is 0 Å². The third-order valence-corrected chi connectivity index (χ3v) is 3.96. The van der Waals surface area contributed by atoms with Gasteiger partial charge in [-0.25, -0.2) is 9.78 Å².